The van der Waals surface area contributed by atoms with Crippen LogP contribution in [-0.2, 0) is 24.2 Å². The smallest absolute Gasteiger partial charge is 0.234 e. The maximum atomic E-state index is 13.1. The molecule has 2 heterocycles. The number of hydrogen-bond donors (Lipinski definition) is 1. The topological polar surface area (TPSA) is 82.2 Å². The van der Waals surface area contributed by atoms with Gasteiger partial charge in [-0.15, -0.1) is 0 Å². The van der Waals surface area contributed by atoms with Crippen molar-refractivity contribution in [3.8, 4) is 23.0 Å². The Hall–Kier alpha value is -3.85. The lowest BCUT2D eigenvalue weighted by atomic mass is 9.87. The summed E-state index contributed by atoms with van der Waals surface area (Å²) in [6.45, 7) is 1.09. The number of amides is 1. The zero-order valence-corrected chi connectivity index (χ0v) is 22.7. The number of carbonyl (C=O) groups excluding carboxylic acids is 1. The highest BCUT2D eigenvalue weighted by Crippen LogP contribution is 2.43. The molecule has 1 amide bonds. The van der Waals surface area contributed by atoms with E-state index in [-0.39, 0.29) is 18.5 Å². The Morgan fingerprint density at radius 1 is 1.03 bits per heavy atom. The van der Waals surface area contributed by atoms with E-state index in [1.165, 1.54) is 0 Å². The Balaban J connectivity index is 1.64. The molecule has 39 heavy (non-hydrogen) atoms. The third kappa shape index (κ3) is 6.97. The number of carbonyl (C=O) groups is 1. The van der Waals surface area contributed by atoms with Crippen molar-refractivity contribution in [2.45, 2.75) is 31.8 Å². The first kappa shape index (κ1) is 28.2. The van der Waals surface area contributed by atoms with Gasteiger partial charge in [-0.2, -0.15) is 0 Å². The first-order valence-electron chi connectivity index (χ1n) is 13.1. The number of benzene rings is 2. The van der Waals surface area contributed by atoms with Crippen LogP contribution in [0.1, 0.15) is 34.8 Å². The van der Waals surface area contributed by atoms with Crippen LogP contribution in [0.25, 0.3) is 0 Å². The second-order valence-electron chi connectivity index (χ2n) is 9.28. The summed E-state index contributed by atoms with van der Waals surface area (Å²) in [7, 11) is 4.86. The van der Waals surface area contributed by atoms with Crippen molar-refractivity contribution in [1.29, 1.82) is 0 Å². The molecule has 3 aromatic rings. The van der Waals surface area contributed by atoms with Crippen LogP contribution in [0, 0.1) is 0 Å². The molecule has 2 aromatic carbocycles. The molecule has 0 saturated carbocycles. The molecule has 208 valence electrons. The lowest BCUT2D eigenvalue weighted by Crippen LogP contribution is -2.43. The number of fused-ring (bicyclic) bond motifs is 1. The van der Waals surface area contributed by atoms with Crippen molar-refractivity contribution in [3.05, 3.63) is 77.1 Å². The van der Waals surface area contributed by atoms with Crippen LogP contribution < -0.4 is 24.3 Å². The maximum absolute atomic E-state index is 13.1. The number of pyridine rings is 1. The minimum atomic E-state index is -0.429. The number of aromatic nitrogens is 1. The quantitative estimate of drug-likeness (QED) is 0.326. The normalized spacial score (nSPS) is 14.8. The van der Waals surface area contributed by atoms with Crippen molar-refractivity contribution in [3.63, 3.8) is 0 Å². The number of ether oxygens (including phenoxy) is 4. The number of nitrogens with zero attached hydrogens (tertiary/aromatic N) is 2. The lowest BCUT2D eigenvalue weighted by Gasteiger charge is -2.38. The van der Waals surface area contributed by atoms with E-state index in [9.17, 15) is 9.18 Å². The van der Waals surface area contributed by atoms with Gasteiger partial charge < -0.3 is 24.3 Å². The largest absolute Gasteiger partial charge is 0.496 e. The summed E-state index contributed by atoms with van der Waals surface area (Å²) in [4.78, 5) is 19.5. The van der Waals surface area contributed by atoms with Gasteiger partial charge in [0.15, 0.2) is 11.5 Å². The fourth-order valence-corrected chi connectivity index (χ4v) is 4.97. The number of hydrogen-bond acceptors (Lipinski definition) is 7. The number of nitrogens with one attached hydrogen (secondary N) is 1. The van der Waals surface area contributed by atoms with Gasteiger partial charge in [0.2, 0.25) is 5.91 Å². The van der Waals surface area contributed by atoms with Crippen LogP contribution in [0.5, 0.6) is 23.0 Å². The number of alkyl halides is 1. The Morgan fingerprint density at radius 2 is 1.79 bits per heavy atom. The van der Waals surface area contributed by atoms with Gasteiger partial charge in [-0.25, -0.2) is 0 Å². The van der Waals surface area contributed by atoms with E-state index in [1.54, 1.807) is 27.5 Å². The summed E-state index contributed by atoms with van der Waals surface area (Å²) < 4.78 is 35.5. The van der Waals surface area contributed by atoms with Gasteiger partial charge in [0.05, 0.1) is 53.4 Å². The van der Waals surface area contributed by atoms with E-state index in [0.717, 1.165) is 33.9 Å². The van der Waals surface area contributed by atoms with Crippen LogP contribution in [0.15, 0.2) is 54.7 Å². The highest BCUT2D eigenvalue weighted by molar-refractivity contribution is 5.78. The van der Waals surface area contributed by atoms with E-state index in [2.05, 4.69) is 15.2 Å². The fourth-order valence-electron chi connectivity index (χ4n) is 4.97. The Kier molecular flexibility index (Phi) is 9.97. The highest BCUT2D eigenvalue weighted by atomic mass is 19.1. The van der Waals surface area contributed by atoms with E-state index in [1.807, 2.05) is 48.5 Å². The van der Waals surface area contributed by atoms with Gasteiger partial charge >= 0.3 is 0 Å². The van der Waals surface area contributed by atoms with E-state index < -0.39 is 6.67 Å². The Morgan fingerprint density at radius 3 is 2.51 bits per heavy atom. The second-order valence-corrected chi connectivity index (χ2v) is 9.28. The summed E-state index contributed by atoms with van der Waals surface area (Å²) in [5.41, 5.74) is 3.83. The molecule has 1 N–H and O–H groups in total. The molecule has 0 radical (unpaired) electrons. The number of halogens is 1. The molecular weight excluding hydrogens is 501 g/mol. The summed E-state index contributed by atoms with van der Waals surface area (Å²) in [6.07, 6.45) is 3.32. The maximum Gasteiger partial charge on any atom is 0.234 e. The number of rotatable bonds is 13. The minimum absolute atomic E-state index is 0.0873. The van der Waals surface area contributed by atoms with Gasteiger partial charge in [-0.05, 0) is 54.8 Å². The molecule has 0 spiro atoms. The average molecular weight is 538 g/mol. The van der Waals surface area contributed by atoms with Gasteiger partial charge in [0.25, 0.3) is 0 Å². The van der Waals surface area contributed by atoms with E-state index in [0.29, 0.717) is 50.5 Å². The highest BCUT2D eigenvalue weighted by Gasteiger charge is 2.33. The summed E-state index contributed by atoms with van der Waals surface area (Å²) >= 11 is 0. The van der Waals surface area contributed by atoms with Crippen LogP contribution in [0.4, 0.5) is 4.39 Å². The lowest BCUT2D eigenvalue weighted by molar-refractivity contribution is -0.123. The van der Waals surface area contributed by atoms with Crippen LogP contribution >= 0.6 is 0 Å². The fraction of sp³-hybridized carbons (Fsp3) is 0.400. The van der Waals surface area contributed by atoms with Crippen LogP contribution in [0.2, 0.25) is 0 Å². The second kappa shape index (κ2) is 13.8. The van der Waals surface area contributed by atoms with Crippen LogP contribution in [-0.4, -0.2) is 63.5 Å². The third-order valence-corrected chi connectivity index (χ3v) is 6.87. The van der Waals surface area contributed by atoms with E-state index in [4.69, 9.17) is 18.9 Å². The SMILES string of the molecule is COc1ccc(CC2c3c(OC)ccc(OCCCF)c3CCN2CC(=O)NCc2ccccn2)cc1OC. The predicted molar refractivity (Wildman–Crippen MR) is 146 cm³/mol. The van der Waals surface area contributed by atoms with Gasteiger partial charge in [0.1, 0.15) is 11.5 Å². The van der Waals surface area contributed by atoms with Crippen molar-refractivity contribution < 1.29 is 28.1 Å². The molecule has 1 aliphatic heterocycles. The standard InChI is InChI=1S/C30H36FN3O5/c1-36-26-9-8-21(18-28(26)38-3)17-24-30-23(25(39-16-6-13-31)10-11-27(30)37-2)12-15-34(24)20-29(35)33-19-22-7-4-5-14-32-22/h4-5,7-11,14,18,24H,6,12-13,15-17,19-20H2,1-3H3,(H,33,35). The molecule has 1 unspecified atom stereocenters. The first-order valence-corrected chi connectivity index (χ1v) is 13.1. The monoisotopic (exact) mass is 537 g/mol. The molecule has 4 rings (SSSR count). The van der Waals surface area contributed by atoms with Gasteiger partial charge in [-0.3, -0.25) is 19.1 Å². The molecule has 0 fully saturated rings. The van der Waals surface area contributed by atoms with Crippen molar-refractivity contribution in [2.24, 2.45) is 0 Å². The van der Waals surface area contributed by atoms with Crippen molar-refractivity contribution in [1.82, 2.24) is 15.2 Å². The predicted octanol–water partition coefficient (Wildman–Crippen LogP) is 4.30. The van der Waals surface area contributed by atoms with Crippen LogP contribution in [0.3, 0.4) is 0 Å². The molecule has 1 aromatic heterocycles. The third-order valence-electron chi connectivity index (χ3n) is 6.87. The molecule has 9 heteroatoms. The molecular formula is C30H36FN3O5. The van der Waals surface area contributed by atoms with Gasteiger partial charge in [-0.1, -0.05) is 12.1 Å². The number of methoxy groups -OCH3 is 3. The Labute approximate surface area is 229 Å². The van der Waals surface area contributed by atoms with Crippen molar-refractivity contribution >= 4 is 5.91 Å². The first-order chi connectivity index (χ1) is 19.1. The van der Waals surface area contributed by atoms with Crippen molar-refractivity contribution in [2.75, 3.05) is 47.7 Å². The molecule has 0 saturated heterocycles. The molecule has 1 atom stereocenters. The van der Waals surface area contributed by atoms with E-state index >= 15 is 0 Å². The Bertz CT molecular complexity index is 1240. The molecule has 0 bridgehead atoms. The van der Waals surface area contributed by atoms with Gasteiger partial charge in [0, 0.05) is 36.3 Å². The molecule has 1 aliphatic rings. The summed E-state index contributed by atoms with van der Waals surface area (Å²) in [6, 6.07) is 15.1. The zero-order valence-electron chi connectivity index (χ0n) is 22.7. The zero-order chi connectivity index (χ0) is 27.6. The minimum Gasteiger partial charge on any atom is -0.496 e. The summed E-state index contributed by atoms with van der Waals surface area (Å²) in [5.74, 6) is 2.66. The molecule has 8 nitrogen and oxygen atoms in total. The summed E-state index contributed by atoms with van der Waals surface area (Å²) in [5, 5.41) is 2.99. The molecule has 0 aliphatic carbocycles. The average Bonchev–Trinajstić information content (AvgIpc) is 2.97.